The van der Waals surface area contributed by atoms with Crippen molar-refractivity contribution in [3.05, 3.63) is 35.4 Å². The van der Waals surface area contributed by atoms with E-state index < -0.39 is 0 Å². The van der Waals surface area contributed by atoms with Crippen LogP contribution in [0.5, 0.6) is 0 Å². The molecule has 21 heavy (non-hydrogen) atoms. The van der Waals surface area contributed by atoms with Gasteiger partial charge >= 0.3 is 0 Å². The zero-order valence-electron chi connectivity index (χ0n) is 13.5. The van der Waals surface area contributed by atoms with Gasteiger partial charge in [0, 0.05) is 32.2 Å². The summed E-state index contributed by atoms with van der Waals surface area (Å²) in [6, 6.07) is 9.92. The topological polar surface area (TPSA) is 15.3 Å². The minimum absolute atomic E-state index is 0. The number of hydrogen-bond acceptors (Lipinski definition) is 2. The third-order valence-corrected chi connectivity index (χ3v) is 4.14. The molecule has 1 saturated heterocycles. The third kappa shape index (κ3) is 5.78. The Balaban J connectivity index is 0.00000200. The Hall–Kier alpha value is -0.280. The van der Waals surface area contributed by atoms with Crippen LogP contribution in [0.1, 0.15) is 56.7 Å². The number of hydrogen-bond donors (Lipinski definition) is 1. The van der Waals surface area contributed by atoms with Crippen LogP contribution >= 0.6 is 24.8 Å². The molecule has 0 saturated carbocycles. The predicted octanol–water partition coefficient (Wildman–Crippen LogP) is 4.40. The summed E-state index contributed by atoms with van der Waals surface area (Å²) in [5.41, 5.74) is 2.94. The van der Waals surface area contributed by atoms with Crippen molar-refractivity contribution in [1.29, 1.82) is 0 Å². The molecule has 1 aliphatic heterocycles. The lowest BCUT2D eigenvalue weighted by Gasteiger charge is -2.35. The smallest absolute Gasteiger partial charge is 0.0349 e. The van der Waals surface area contributed by atoms with Gasteiger partial charge in [-0.05, 0) is 23.5 Å². The maximum absolute atomic E-state index is 3.45. The molecule has 4 heteroatoms. The van der Waals surface area contributed by atoms with E-state index in [2.05, 4.69) is 55.3 Å². The Labute approximate surface area is 142 Å². The Bertz CT molecular complexity index is 373. The van der Waals surface area contributed by atoms with Crippen LogP contribution in [0.15, 0.2) is 24.3 Å². The van der Waals surface area contributed by atoms with Gasteiger partial charge in [0.1, 0.15) is 0 Å². The zero-order chi connectivity index (χ0) is 13.7. The Morgan fingerprint density at radius 2 is 1.52 bits per heavy atom. The van der Waals surface area contributed by atoms with Crippen molar-refractivity contribution in [2.45, 2.75) is 45.6 Å². The van der Waals surface area contributed by atoms with Crippen molar-refractivity contribution in [2.75, 3.05) is 26.2 Å². The molecule has 1 aliphatic rings. The molecule has 1 aromatic rings. The molecular weight excluding hydrogens is 303 g/mol. The van der Waals surface area contributed by atoms with Gasteiger partial charge in [-0.3, -0.25) is 4.90 Å². The molecule has 1 aromatic carbocycles. The van der Waals surface area contributed by atoms with Crippen LogP contribution in [0.2, 0.25) is 0 Å². The van der Waals surface area contributed by atoms with Crippen LogP contribution in [0.4, 0.5) is 0 Å². The van der Waals surface area contributed by atoms with Gasteiger partial charge in [-0.25, -0.2) is 0 Å². The average molecular weight is 333 g/mol. The van der Waals surface area contributed by atoms with E-state index in [1.54, 1.807) is 0 Å². The Morgan fingerprint density at radius 3 is 2.00 bits per heavy atom. The first kappa shape index (κ1) is 20.7. The lowest BCUT2D eigenvalue weighted by Crippen LogP contribution is -2.45. The SMILES string of the molecule is CCC[C@H](c1ccc(C(C)C)cc1)N1CCNCC1.Cl.Cl. The van der Waals surface area contributed by atoms with Crippen molar-refractivity contribution in [3.8, 4) is 0 Å². The van der Waals surface area contributed by atoms with E-state index in [-0.39, 0.29) is 24.8 Å². The van der Waals surface area contributed by atoms with E-state index in [4.69, 9.17) is 0 Å². The van der Waals surface area contributed by atoms with Gasteiger partial charge < -0.3 is 5.32 Å². The van der Waals surface area contributed by atoms with Crippen molar-refractivity contribution < 1.29 is 0 Å². The second-order valence-corrected chi connectivity index (χ2v) is 5.91. The molecule has 0 spiro atoms. The molecule has 0 bridgehead atoms. The molecule has 0 aliphatic carbocycles. The Morgan fingerprint density at radius 1 is 1.00 bits per heavy atom. The number of benzene rings is 1. The van der Waals surface area contributed by atoms with Gasteiger partial charge in [0.05, 0.1) is 0 Å². The number of nitrogens with zero attached hydrogens (tertiary/aromatic N) is 1. The van der Waals surface area contributed by atoms with Crippen molar-refractivity contribution in [1.82, 2.24) is 10.2 Å². The summed E-state index contributed by atoms with van der Waals surface area (Å²) in [5, 5.41) is 3.45. The standard InChI is InChI=1S/C17H28N2.2ClH/c1-4-5-17(19-12-10-18-11-13-19)16-8-6-15(7-9-16)14(2)3;;/h6-9,14,17-18H,4-5,10-13H2,1-3H3;2*1H/t17-;;/m1../s1. The first-order valence-electron chi connectivity index (χ1n) is 7.77. The van der Waals surface area contributed by atoms with Gasteiger partial charge in [-0.2, -0.15) is 0 Å². The van der Waals surface area contributed by atoms with Crippen molar-refractivity contribution in [3.63, 3.8) is 0 Å². The maximum Gasteiger partial charge on any atom is 0.0349 e. The highest BCUT2D eigenvalue weighted by atomic mass is 35.5. The van der Waals surface area contributed by atoms with Crippen LogP contribution in [-0.2, 0) is 0 Å². The average Bonchev–Trinajstić information content (AvgIpc) is 2.46. The van der Waals surface area contributed by atoms with E-state index in [0.717, 1.165) is 13.1 Å². The first-order chi connectivity index (χ1) is 9.22. The molecule has 1 N–H and O–H groups in total. The van der Waals surface area contributed by atoms with E-state index in [0.29, 0.717) is 12.0 Å². The molecule has 2 nitrogen and oxygen atoms in total. The van der Waals surface area contributed by atoms with E-state index in [9.17, 15) is 0 Å². The largest absolute Gasteiger partial charge is 0.314 e. The zero-order valence-corrected chi connectivity index (χ0v) is 15.1. The minimum Gasteiger partial charge on any atom is -0.314 e. The number of halogens is 2. The normalized spacial score (nSPS) is 17.0. The van der Waals surface area contributed by atoms with Crippen LogP contribution in [-0.4, -0.2) is 31.1 Å². The molecule has 0 radical (unpaired) electrons. The molecule has 122 valence electrons. The fourth-order valence-electron chi connectivity index (χ4n) is 2.93. The quantitative estimate of drug-likeness (QED) is 0.859. The molecule has 1 heterocycles. The van der Waals surface area contributed by atoms with Gasteiger partial charge in [0.15, 0.2) is 0 Å². The lowest BCUT2D eigenvalue weighted by molar-refractivity contribution is 0.164. The van der Waals surface area contributed by atoms with Crippen LogP contribution in [0, 0.1) is 0 Å². The van der Waals surface area contributed by atoms with E-state index in [1.165, 1.54) is 37.1 Å². The number of piperazine rings is 1. The molecule has 1 atom stereocenters. The monoisotopic (exact) mass is 332 g/mol. The molecule has 2 rings (SSSR count). The minimum atomic E-state index is 0. The van der Waals surface area contributed by atoms with Gasteiger partial charge in [-0.1, -0.05) is 51.5 Å². The van der Waals surface area contributed by atoms with Crippen LogP contribution in [0.25, 0.3) is 0 Å². The summed E-state index contributed by atoms with van der Waals surface area (Å²) >= 11 is 0. The summed E-state index contributed by atoms with van der Waals surface area (Å²) in [6.45, 7) is 11.4. The molecule has 1 fully saturated rings. The van der Waals surface area contributed by atoms with Gasteiger partial charge in [0.25, 0.3) is 0 Å². The highest BCUT2D eigenvalue weighted by Gasteiger charge is 2.21. The summed E-state index contributed by atoms with van der Waals surface area (Å²) in [6.07, 6.45) is 2.52. The second-order valence-electron chi connectivity index (χ2n) is 5.91. The predicted molar refractivity (Wildman–Crippen MR) is 97.1 cm³/mol. The third-order valence-electron chi connectivity index (χ3n) is 4.14. The van der Waals surface area contributed by atoms with Gasteiger partial charge in [0.2, 0.25) is 0 Å². The fraction of sp³-hybridized carbons (Fsp3) is 0.647. The van der Waals surface area contributed by atoms with Crippen molar-refractivity contribution >= 4 is 24.8 Å². The maximum atomic E-state index is 3.45. The highest BCUT2D eigenvalue weighted by Crippen LogP contribution is 2.27. The molecule has 0 amide bonds. The summed E-state index contributed by atoms with van der Waals surface area (Å²) < 4.78 is 0. The Kier molecular flexibility index (Phi) is 10.3. The van der Waals surface area contributed by atoms with E-state index in [1.807, 2.05) is 0 Å². The summed E-state index contributed by atoms with van der Waals surface area (Å²) in [7, 11) is 0. The number of rotatable bonds is 5. The summed E-state index contributed by atoms with van der Waals surface area (Å²) in [5.74, 6) is 0.623. The van der Waals surface area contributed by atoms with Gasteiger partial charge in [-0.15, -0.1) is 24.8 Å². The summed E-state index contributed by atoms with van der Waals surface area (Å²) in [4.78, 5) is 2.64. The second kappa shape index (κ2) is 10.4. The van der Waals surface area contributed by atoms with Crippen LogP contribution in [0.3, 0.4) is 0 Å². The molecule has 0 aromatic heterocycles. The number of nitrogens with one attached hydrogen (secondary N) is 1. The lowest BCUT2D eigenvalue weighted by atomic mass is 9.96. The first-order valence-corrected chi connectivity index (χ1v) is 7.77. The van der Waals surface area contributed by atoms with E-state index >= 15 is 0 Å². The van der Waals surface area contributed by atoms with Crippen molar-refractivity contribution in [2.24, 2.45) is 0 Å². The highest BCUT2D eigenvalue weighted by molar-refractivity contribution is 5.85. The fourth-order valence-corrected chi connectivity index (χ4v) is 2.93. The molecular formula is C17H30Cl2N2. The molecule has 0 unspecified atom stereocenters. The van der Waals surface area contributed by atoms with Crippen LogP contribution < -0.4 is 5.32 Å².